The van der Waals surface area contributed by atoms with Gasteiger partial charge in [-0.25, -0.2) is 4.99 Å². The number of piperidine rings is 1. The van der Waals surface area contributed by atoms with Gasteiger partial charge in [-0.15, -0.1) is 0 Å². The molecule has 23 heavy (non-hydrogen) atoms. The predicted octanol–water partition coefficient (Wildman–Crippen LogP) is 0.893. The van der Waals surface area contributed by atoms with Gasteiger partial charge in [-0.3, -0.25) is 4.79 Å². The molecular weight excluding hydrogens is 290 g/mol. The summed E-state index contributed by atoms with van der Waals surface area (Å²) >= 11 is 0. The molecule has 0 bridgehead atoms. The van der Waals surface area contributed by atoms with Gasteiger partial charge in [0.1, 0.15) is 6.54 Å². The van der Waals surface area contributed by atoms with Crippen molar-refractivity contribution in [2.75, 3.05) is 40.3 Å². The molecule has 0 aromatic rings. The fraction of sp³-hybridized carbons (Fsp3) is 0.882. The van der Waals surface area contributed by atoms with Crippen LogP contribution in [0.15, 0.2) is 4.99 Å². The van der Waals surface area contributed by atoms with E-state index in [1.807, 2.05) is 0 Å². The van der Waals surface area contributed by atoms with E-state index >= 15 is 0 Å². The first kappa shape index (κ1) is 18.0. The first-order chi connectivity index (χ1) is 11.0. The van der Waals surface area contributed by atoms with Crippen LogP contribution in [0.4, 0.5) is 0 Å². The highest BCUT2D eigenvalue weighted by molar-refractivity contribution is 5.84. The van der Waals surface area contributed by atoms with Crippen LogP contribution in [0.5, 0.6) is 0 Å². The Bertz CT molecular complexity index is 409. The van der Waals surface area contributed by atoms with Crippen molar-refractivity contribution in [1.29, 1.82) is 0 Å². The summed E-state index contributed by atoms with van der Waals surface area (Å²) in [6, 6.07) is 1.32. The van der Waals surface area contributed by atoms with Crippen LogP contribution in [-0.4, -0.2) is 74.0 Å². The molecule has 1 aliphatic heterocycles. The summed E-state index contributed by atoms with van der Waals surface area (Å²) in [5.41, 5.74) is 0. The third-order valence-electron chi connectivity index (χ3n) is 4.48. The molecule has 6 heteroatoms. The zero-order chi connectivity index (χ0) is 16.8. The SMILES string of the molecule is CC(C)CNC(=NCC(=O)N(C)C)NC1CCN(C2CC2)CC1. The molecule has 6 nitrogen and oxygen atoms in total. The minimum atomic E-state index is 0.0270. The van der Waals surface area contributed by atoms with Crippen molar-refractivity contribution >= 4 is 11.9 Å². The van der Waals surface area contributed by atoms with Crippen LogP contribution in [0.25, 0.3) is 0 Å². The minimum Gasteiger partial charge on any atom is -0.356 e. The van der Waals surface area contributed by atoms with E-state index in [1.54, 1.807) is 19.0 Å². The Labute approximate surface area is 140 Å². The van der Waals surface area contributed by atoms with E-state index < -0.39 is 0 Å². The number of hydrogen-bond donors (Lipinski definition) is 2. The van der Waals surface area contributed by atoms with Gasteiger partial charge in [0.15, 0.2) is 5.96 Å². The third kappa shape index (κ3) is 6.37. The van der Waals surface area contributed by atoms with Crippen LogP contribution in [0.2, 0.25) is 0 Å². The number of guanidine groups is 1. The first-order valence-electron chi connectivity index (χ1n) is 8.94. The summed E-state index contributed by atoms with van der Waals surface area (Å²) in [6.07, 6.45) is 5.07. The maximum atomic E-state index is 11.8. The van der Waals surface area contributed by atoms with Crippen LogP contribution in [-0.2, 0) is 4.79 Å². The molecule has 0 unspecified atom stereocenters. The molecule has 132 valence electrons. The van der Waals surface area contributed by atoms with Gasteiger partial charge in [0.05, 0.1) is 0 Å². The topological polar surface area (TPSA) is 60.0 Å². The van der Waals surface area contributed by atoms with Crippen molar-refractivity contribution in [2.45, 2.75) is 51.6 Å². The molecule has 1 saturated heterocycles. The van der Waals surface area contributed by atoms with Crippen LogP contribution >= 0.6 is 0 Å². The molecule has 0 radical (unpaired) electrons. The number of nitrogens with zero attached hydrogens (tertiary/aromatic N) is 3. The Morgan fingerprint density at radius 2 is 1.87 bits per heavy atom. The number of amides is 1. The van der Waals surface area contributed by atoms with E-state index in [9.17, 15) is 4.79 Å². The normalized spacial score (nSPS) is 20.7. The van der Waals surface area contributed by atoms with Crippen molar-refractivity contribution in [2.24, 2.45) is 10.9 Å². The van der Waals surface area contributed by atoms with E-state index in [-0.39, 0.29) is 12.5 Å². The summed E-state index contributed by atoms with van der Waals surface area (Å²) in [5.74, 6) is 1.35. The number of likely N-dealkylation sites (tertiary alicyclic amines) is 1. The quantitative estimate of drug-likeness (QED) is 0.563. The standard InChI is InChI=1S/C17H33N5O/c1-13(2)11-18-17(19-12-16(23)21(3)4)20-14-7-9-22(10-8-14)15-5-6-15/h13-15H,5-12H2,1-4H3,(H2,18,19,20). The van der Waals surface area contributed by atoms with E-state index in [0.717, 1.165) is 31.4 Å². The molecule has 2 aliphatic rings. The van der Waals surface area contributed by atoms with Crippen LogP contribution in [0, 0.1) is 5.92 Å². The molecular formula is C17H33N5O. The van der Waals surface area contributed by atoms with Gasteiger partial charge in [0, 0.05) is 45.8 Å². The first-order valence-corrected chi connectivity index (χ1v) is 8.94. The molecule has 2 N–H and O–H groups in total. The van der Waals surface area contributed by atoms with Crippen molar-refractivity contribution < 1.29 is 4.79 Å². The summed E-state index contributed by atoms with van der Waals surface area (Å²) in [6.45, 7) is 7.75. The molecule has 0 spiro atoms. The zero-order valence-corrected chi connectivity index (χ0v) is 15.1. The van der Waals surface area contributed by atoms with Crippen LogP contribution < -0.4 is 10.6 Å². The molecule has 0 aromatic carbocycles. The highest BCUT2D eigenvalue weighted by atomic mass is 16.2. The molecule has 2 rings (SSSR count). The lowest BCUT2D eigenvalue weighted by molar-refractivity contribution is -0.127. The lowest BCUT2D eigenvalue weighted by Gasteiger charge is -2.33. The van der Waals surface area contributed by atoms with E-state index in [0.29, 0.717) is 12.0 Å². The summed E-state index contributed by atoms with van der Waals surface area (Å²) < 4.78 is 0. The summed E-state index contributed by atoms with van der Waals surface area (Å²) in [4.78, 5) is 20.4. The average molecular weight is 323 g/mol. The molecule has 0 atom stereocenters. The number of hydrogen-bond acceptors (Lipinski definition) is 3. The van der Waals surface area contributed by atoms with Gasteiger partial charge in [-0.1, -0.05) is 13.8 Å². The summed E-state index contributed by atoms with van der Waals surface area (Å²) in [7, 11) is 3.53. The molecule has 1 amide bonds. The Hall–Kier alpha value is -1.30. The Morgan fingerprint density at radius 3 is 2.39 bits per heavy atom. The molecule has 1 saturated carbocycles. The number of likely N-dealkylation sites (N-methyl/N-ethyl adjacent to an activating group) is 1. The van der Waals surface area contributed by atoms with E-state index in [2.05, 4.69) is 34.4 Å². The second kappa shape index (κ2) is 8.52. The largest absolute Gasteiger partial charge is 0.356 e. The van der Waals surface area contributed by atoms with Gasteiger partial charge in [-0.05, 0) is 31.6 Å². The van der Waals surface area contributed by atoms with Crippen molar-refractivity contribution in [3.05, 3.63) is 0 Å². The second-order valence-electron chi connectivity index (χ2n) is 7.41. The highest BCUT2D eigenvalue weighted by Gasteiger charge is 2.31. The van der Waals surface area contributed by atoms with Gasteiger partial charge in [0.25, 0.3) is 0 Å². The second-order valence-corrected chi connectivity index (χ2v) is 7.41. The van der Waals surface area contributed by atoms with E-state index in [4.69, 9.17) is 0 Å². The van der Waals surface area contributed by atoms with Crippen LogP contribution in [0.3, 0.4) is 0 Å². The average Bonchev–Trinajstić information content (AvgIpc) is 3.34. The van der Waals surface area contributed by atoms with Crippen LogP contribution in [0.1, 0.15) is 39.5 Å². The number of carbonyl (C=O) groups excluding carboxylic acids is 1. The smallest absolute Gasteiger partial charge is 0.243 e. The lowest BCUT2D eigenvalue weighted by atomic mass is 10.1. The minimum absolute atomic E-state index is 0.0270. The van der Waals surface area contributed by atoms with Gasteiger partial charge >= 0.3 is 0 Å². The number of rotatable bonds is 6. The maximum absolute atomic E-state index is 11.8. The number of nitrogens with one attached hydrogen (secondary N) is 2. The molecule has 1 heterocycles. The number of carbonyl (C=O) groups is 1. The Kier molecular flexibility index (Phi) is 6.69. The van der Waals surface area contributed by atoms with Crippen molar-refractivity contribution in [1.82, 2.24) is 20.4 Å². The fourth-order valence-electron chi connectivity index (χ4n) is 2.78. The van der Waals surface area contributed by atoms with Crippen molar-refractivity contribution in [3.63, 3.8) is 0 Å². The fourth-order valence-corrected chi connectivity index (χ4v) is 2.78. The third-order valence-corrected chi connectivity index (χ3v) is 4.48. The predicted molar refractivity (Wildman–Crippen MR) is 94.6 cm³/mol. The Balaban J connectivity index is 1.83. The van der Waals surface area contributed by atoms with Crippen molar-refractivity contribution in [3.8, 4) is 0 Å². The van der Waals surface area contributed by atoms with Gasteiger partial charge in [0.2, 0.25) is 5.91 Å². The zero-order valence-electron chi connectivity index (χ0n) is 15.1. The monoisotopic (exact) mass is 323 g/mol. The Morgan fingerprint density at radius 1 is 1.22 bits per heavy atom. The summed E-state index contributed by atoms with van der Waals surface area (Å²) in [5, 5.41) is 6.89. The van der Waals surface area contributed by atoms with Gasteiger partial charge in [-0.2, -0.15) is 0 Å². The molecule has 1 aliphatic carbocycles. The highest BCUT2D eigenvalue weighted by Crippen LogP contribution is 2.29. The van der Waals surface area contributed by atoms with Gasteiger partial charge < -0.3 is 20.4 Å². The lowest BCUT2D eigenvalue weighted by Crippen LogP contribution is -2.49. The molecule has 2 fully saturated rings. The van der Waals surface area contributed by atoms with E-state index in [1.165, 1.54) is 25.9 Å². The molecule has 0 aromatic heterocycles. The number of aliphatic imine (C=N–C) groups is 1. The maximum Gasteiger partial charge on any atom is 0.243 e.